The SMILES string of the molecule is CNCc1ccc(S(=O)(=O)Nc2cc(C)ccc2C)nc1. The van der Waals surface area contributed by atoms with E-state index >= 15 is 0 Å². The molecule has 0 radical (unpaired) electrons. The normalized spacial score (nSPS) is 11.4. The van der Waals surface area contributed by atoms with Gasteiger partial charge >= 0.3 is 0 Å². The third-order valence-electron chi connectivity index (χ3n) is 3.09. The van der Waals surface area contributed by atoms with E-state index in [1.54, 1.807) is 12.3 Å². The van der Waals surface area contributed by atoms with Crippen molar-refractivity contribution >= 4 is 15.7 Å². The topological polar surface area (TPSA) is 71.1 Å². The van der Waals surface area contributed by atoms with Crippen molar-refractivity contribution in [3.63, 3.8) is 0 Å². The summed E-state index contributed by atoms with van der Waals surface area (Å²) in [5.41, 5.74) is 3.38. The fourth-order valence-electron chi connectivity index (χ4n) is 1.92. The Balaban J connectivity index is 2.27. The molecule has 2 rings (SSSR count). The first-order valence-electron chi connectivity index (χ1n) is 6.62. The third-order valence-corrected chi connectivity index (χ3v) is 4.37. The summed E-state index contributed by atoms with van der Waals surface area (Å²) < 4.78 is 27.3. The summed E-state index contributed by atoms with van der Waals surface area (Å²) in [6.45, 7) is 4.43. The van der Waals surface area contributed by atoms with E-state index in [1.807, 2.05) is 39.1 Å². The maximum absolute atomic E-state index is 12.3. The van der Waals surface area contributed by atoms with Crippen LogP contribution in [0.25, 0.3) is 0 Å². The highest BCUT2D eigenvalue weighted by Gasteiger charge is 2.16. The minimum absolute atomic E-state index is 0.0169. The molecule has 6 heteroatoms. The quantitative estimate of drug-likeness (QED) is 0.888. The summed E-state index contributed by atoms with van der Waals surface area (Å²) in [5, 5.41) is 3.01. The van der Waals surface area contributed by atoms with Crippen LogP contribution in [-0.4, -0.2) is 20.4 Å². The molecule has 0 bridgehead atoms. The Kier molecular flexibility index (Phi) is 4.59. The lowest BCUT2D eigenvalue weighted by molar-refractivity contribution is 0.597. The molecule has 0 unspecified atom stereocenters. The Morgan fingerprint density at radius 2 is 1.90 bits per heavy atom. The number of anilines is 1. The molecule has 5 nitrogen and oxygen atoms in total. The van der Waals surface area contributed by atoms with Crippen molar-refractivity contribution in [2.75, 3.05) is 11.8 Å². The van der Waals surface area contributed by atoms with E-state index in [0.29, 0.717) is 12.2 Å². The van der Waals surface area contributed by atoms with Crippen LogP contribution in [0.3, 0.4) is 0 Å². The Morgan fingerprint density at radius 1 is 1.14 bits per heavy atom. The molecule has 112 valence electrons. The van der Waals surface area contributed by atoms with E-state index in [0.717, 1.165) is 16.7 Å². The molecule has 21 heavy (non-hydrogen) atoms. The average Bonchev–Trinajstić information content (AvgIpc) is 2.44. The second-order valence-corrected chi connectivity index (χ2v) is 6.59. The highest BCUT2D eigenvalue weighted by molar-refractivity contribution is 7.92. The van der Waals surface area contributed by atoms with E-state index in [4.69, 9.17) is 0 Å². The summed E-state index contributed by atoms with van der Waals surface area (Å²) >= 11 is 0. The van der Waals surface area contributed by atoms with Gasteiger partial charge in [-0.15, -0.1) is 0 Å². The molecule has 1 heterocycles. The van der Waals surface area contributed by atoms with Gasteiger partial charge in [0.15, 0.2) is 5.03 Å². The first kappa shape index (κ1) is 15.5. The van der Waals surface area contributed by atoms with Crippen molar-refractivity contribution in [3.05, 3.63) is 53.2 Å². The molecule has 0 fully saturated rings. The lowest BCUT2D eigenvalue weighted by atomic mass is 10.1. The minimum Gasteiger partial charge on any atom is -0.316 e. The van der Waals surface area contributed by atoms with Gasteiger partial charge in [-0.1, -0.05) is 18.2 Å². The highest BCUT2D eigenvalue weighted by Crippen LogP contribution is 2.20. The molecule has 0 aliphatic rings. The van der Waals surface area contributed by atoms with Crippen molar-refractivity contribution in [1.29, 1.82) is 0 Å². The maximum atomic E-state index is 12.3. The van der Waals surface area contributed by atoms with Gasteiger partial charge < -0.3 is 5.32 Å². The number of nitrogens with zero attached hydrogens (tertiary/aromatic N) is 1. The predicted molar refractivity (Wildman–Crippen MR) is 83.7 cm³/mol. The Labute approximate surface area is 125 Å². The second-order valence-electron chi connectivity index (χ2n) is 4.96. The van der Waals surface area contributed by atoms with Gasteiger partial charge in [-0.3, -0.25) is 4.72 Å². The number of hydrogen-bond acceptors (Lipinski definition) is 4. The molecular weight excluding hydrogens is 286 g/mol. The van der Waals surface area contributed by atoms with E-state index in [9.17, 15) is 8.42 Å². The summed E-state index contributed by atoms with van der Waals surface area (Å²) in [6, 6.07) is 8.90. The van der Waals surface area contributed by atoms with Crippen molar-refractivity contribution in [3.8, 4) is 0 Å². The van der Waals surface area contributed by atoms with Crippen LogP contribution in [-0.2, 0) is 16.6 Å². The van der Waals surface area contributed by atoms with Crippen molar-refractivity contribution in [1.82, 2.24) is 10.3 Å². The number of aryl methyl sites for hydroxylation is 2. The van der Waals surface area contributed by atoms with E-state index < -0.39 is 10.0 Å². The smallest absolute Gasteiger partial charge is 0.279 e. The zero-order valence-electron chi connectivity index (χ0n) is 12.3. The number of rotatable bonds is 5. The van der Waals surface area contributed by atoms with Crippen molar-refractivity contribution < 1.29 is 8.42 Å². The number of aromatic nitrogens is 1. The predicted octanol–water partition coefficient (Wildman–Crippen LogP) is 2.22. The van der Waals surface area contributed by atoms with Gasteiger partial charge in [0.05, 0.1) is 5.69 Å². The third kappa shape index (κ3) is 3.80. The Bertz CT molecular complexity index is 725. The lowest BCUT2D eigenvalue weighted by Gasteiger charge is -2.11. The second kappa shape index (κ2) is 6.24. The number of nitrogens with one attached hydrogen (secondary N) is 2. The molecule has 0 amide bonds. The van der Waals surface area contributed by atoms with Crippen LogP contribution in [0.4, 0.5) is 5.69 Å². The lowest BCUT2D eigenvalue weighted by Crippen LogP contribution is -2.15. The monoisotopic (exact) mass is 305 g/mol. The van der Waals surface area contributed by atoms with Gasteiger partial charge in [-0.25, -0.2) is 4.98 Å². The van der Waals surface area contributed by atoms with Crippen molar-refractivity contribution in [2.24, 2.45) is 0 Å². The van der Waals surface area contributed by atoms with Gasteiger partial charge in [0.25, 0.3) is 10.0 Å². The fourth-order valence-corrected chi connectivity index (χ4v) is 2.97. The molecule has 0 aliphatic heterocycles. The first-order valence-corrected chi connectivity index (χ1v) is 8.10. The number of pyridine rings is 1. The molecule has 1 aromatic carbocycles. The summed E-state index contributed by atoms with van der Waals surface area (Å²) in [7, 11) is -1.84. The first-order chi connectivity index (χ1) is 9.92. The summed E-state index contributed by atoms with van der Waals surface area (Å²) in [6.07, 6.45) is 1.56. The molecule has 0 aliphatic carbocycles. The van der Waals surface area contributed by atoms with Crippen LogP contribution in [0.2, 0.25) is 0 Å². The zero-order chi connectivity index (χ0) is 15.5. The van der Waals surface area contributed by atoms with Crippen LogP contribution in [0.15, 0.2) is 41.6 Å². The number of benzene rings is 1. The minimum atomic E-state index is -3.67. The van der Waals surface area contributed by atoms with E-state index in [1.165, 1.54) is 6.07 Å². The molecular formula is C15H19N3O2S. The average molecular weight is 305 g/mol. The number of hydrogen-bond donors (Lipinski definition) is 2. The van der Waals surface area contributed by atoms with Gasteiger partial charge in [0, 0.05) is 12.7 Å². The van der Waals surface area contributed by atoms with Crippen molar-refractivity contribution in [2.45, 2.75) is 25.4 Å². The molecule has 1 aromatic heterocycles. The summed E-state index contributed by atoms with van der Waals surface area (Å²) in [5.74, 6) is 0. The van der Waals surface area contributed by atoms with Crippen LogP contribution in [0.5, 0.6) is 0 Å². The van der Waals surface area contributed by atoms with Gasteiger partial charge in [0.1, 0.15) is 0 Å². The Hall–Kier alpha value is -1.92. The van der Waals surface area contributed by atoms with E-state index in [2.05, 4.69) is 15.0 Å². The van der Waals surface area contributed by atoms with Gasteiger partial charge in [0.2, 0.25) is 0 Å². The largest absolute Gasteiger partial charge is 0.316 e. The Morgan fingerprint density at radius 3 is 2.52 bits per heavy atom. The molecule has 0 saturated carbocycles. The molecule has 2 aromatic rings. The fraction of sp³-hybridized carbons (Fsp3) is 0.267. The van der Waals surface area contributed by atoms with Crippen LogP contribution < -0.4 is 10.0 Å². The van der Waals surface area contributed by atoms with Crippen LogP contribution in [0, 0.1) is 13.8 Å². The molecule has 2 N–H and O–H groups in total. The van der Waals surface area contributed by atoms with Crippen LogP contribution >= 0.6 is 0 Å². The standard InChI is InChI=1S/C15H19N3O2S/c1-11-4-5-12(2)14(8-11)18-21(19,20)15-7-6-13(9-16-3)10-17-15/h4-8,10,16,18H,9H2,1-3H3. The molecule has 0 spiro atoms. The van der Waals surface area contributed by atoms with Gasteiger partial charge in [-0.05, 0) is 49.7 Å². The van der Waals surface area contributed by atoms with Gasteiger partial charge in [-0.2, -0.15) is 8.42 Å². The van der Waals surface area contributed by atoms with E-state index in [-0.39, 0.29) is 5.03 Å². The molecule has 0 saturated heterocycles. The maximum Gasteiger partial charge on any atom is 0.279 e. The highest BCUT2D eigenvalue weighted by atomic mass is 32.2. The molecule has 0 atom stereocenters. The summed E-state index contributed by atoms with van der Waals surface area (Å²) in [4.78, 5) is 4.03. The number of sulfonamides is 1. The zero-order valence-corrected chi connectivity index (χ0v) is 13.2. The van der Waals surface area contributed by atoms with Crippen LogP contribution in [0.1, 0.15) is 16.7 Å².